The Hall–Kier alpha value is -3.36. The first-order chi connectivity index (χ1) is 19.0. The van der Waals surface area contributed by atoms with E-state index in [1.54, 1.807) is 30.3 Å². The minimum atomic E-state index is -3.81. The van der Waals surface area contributed by atoms with Crippen LogP contribution in [0.15, 0.2) is 72.8 Å². The van der Waals surface area contributed by atoms with Crippen molar-refractivity contribution < 1.29 is 18.0 Å². The van der Waals surface area contributed by atoms with Crippen molar-refractivity contribution in [3.05, 3.63) is 100 Å². The Morgan fingerprint density at radius 1 is 0.925 bits per heavy atom. The molecular formula is C31H38ClN3O4S. The van der Waals surface area contributed by atoms with Gasteiger partial charge in [-0.05, 0) is 66.8 Å². The number of hydrogen-bond donors (Lipinski definition) is 1. The lowest BCUT2D eigenvalue weighted by atomic mass is 10.0. The first-order valence-electron chi connectivity index (χ1n) is 13.4. The number of unbranched alkanes of at least 4 members (excludes halogenated alkanes) is 1. The molecule has 0 radical (unpaired) electrons. The van der Waals surface area contributed by atoms with Gasteiger partial charge in [-0.2, -0.15) is 0 Å². The Bertz CT molecular complexity index is 1410. The second kappa shape index (κ2) is 14.3. The van der Waals surface area contributed by atoms with Crippen molar-refractivity contribution in [2.24, 2.45) is 0 Å². The van der Waals surface area contributed by atoms with E-state index in [2.05, 4.69) is 5.32 Å². The normalized spacial score (nSPS) is 12.0. The van der Waals surface area contributed by atoms with Gasteiger partial charge in [0.15, 0.2) is 0 Å². The van der Waals surface area contributed by atoms with Crippen molar-refractivity contribution >= 4 is 39.1 Å². The van der Waals surface area contributed by atoms with Crippen LogP contribution in [0.4, 0.5) is 5.69 Å². The zero-order valence-corrected chi connectivity index (χ0v) is 25.1. The molecule has 2 amide bonds. The zero-order valence-electron chi connectivity index (χ0n) is 23.6. The molecule has 0 aromatic heterocycles. The zero-order chi connectivity index (χ0) is 29.3. The summed E-state index contributed by atoms with van der Waals surface area (Å²) in [5, 5.41) is 3.48. The van der Waals surface area contributed by atoms with Crippen LogP contribution in [0.1, 0.15) is 42.0 Å². The van der Waals surface area contributed by atoms with Crippen molar-refractivity contribution in [3.8, 4) is 0 Å². The van der Waals surface area contributed by atoms with Crippen molar-refractivity contribution in [2.45, 2.75) is 52.6 Å². The van der Waals surface area contributed by atoms with Gasteiger partial charge in [0.05, 0.1) is 11.9 Å². The smallest absolute Gasteiger partial charge is 0.244 e. The summed E-state index contributed by atoms with van der Waals surface area (Å²) in [5.41, 5.74) is 3.94. The molecule has 0 saturated heterocycles. The molecule has 3 rings (SSSR count). The van der Waals surface area contributed by atoms with E-state index in [0.29, 0.717) is 17.3 Å². The van der Waals surface area contributed by atoms with E-state index in [4.69, 9.17) is 11.6 Å². The Labute approximate surface area is 243 Å². The number of nitrogens with zero attached hydrogens (tertiary/aromatic N) is 2. The Kier molecular flexibility index (Phi) is 11.2. The van der Waals surface area contributed by atoms with Gasteiger partial charge in [0.2, 0.25) is 21.8 Å². The fourth-order valence-corrected chi connectivity index (χ4v) is 5.44. The average molecular weight is 584 g/mol. The van der Waals surface area contributed by atoms with E-state index in [0.717, 1.165) is 45.7 Å². The maximum absolute atomic E-state index is 14.1. The molecule has 3 aromatic carbocycles. The van der Waals surface area contributed by atoms with Crippen molar-refractivity contribution in [3.63, 3.8) is 0 Å². The monoisotopic (exact) mass is 583 g/mol. The molecule has 7 nitrogen and oxygen atoms in total. The molecule has 0 spiro atoms. The van der Waals surface area contributed by atoms with Gasteiger partial charge in [0, 0.05) is 24.5 Å². The summed E-state index contributed by atoms with van der Waals surface area (Å²) < 4.78 is 26.9. The predicted molar refractivity (Wildman–Crippen MR) is 162 cm³/mol. The summed E-state index contributed by atoms with van der Waals surface area (Å²) in [6.45, 7) is 5.99. The number of hydrogen-bond acceptors (Lipinski definition) is 4. The van der Waals surface area contributed by atoms with E-state index >= 15 is 0 Å². The van der Waals surface area contributed by atoms with Gasteiger partial charge in [-0.3, -0.25) is 13.9 Å². The van der Waals surface area contributed by atoms with Crippen LogP contribution in [0.5, 0.6) is 0 Å². The van der Waals surface area contributed by atoms with Crippen LogP contribution in [0.25, 0.3) is 0 Å². The summed E-state index contributed by atoms with van der Waals surface area (Å²) in [5.74, 6) is -0.778. The standard InChI is InChI=1S/C31H38ClN3O4S/c1-5-6-17-33-31(37)29(20-25-11-8-7-9-12-25)34(21-26-13-10-14-27(32)19-26)30(36)22-35(40(4,38)39)28-16-15-23(2)24(3)18-28/h7-16,18-19,29H,5-6,17,20-22H2,1-4H3,(H,33,37)/t29-/m0/s1. The first kappa shape index (κ1) is 31.2. The summed E-state index contributed by atoms with van der Waals surface area (Å²) >= 11 is 6.25. The number of halogens is 1. The average Bonchev–Trinajstić information content (AvgIpc) is 2.91. The number of carbonyl (C=O) groups excluding carboxylic acids is 2. The molecule has 0 aliphatic heterocycles. The lowest BCUT2D eigenvalue weighted by Crippen LogP contribution is -2.53. The molecular weight excluding hydrogens is 546 g/mol. The van der Waals surface area contributed by atoms with E-state index in [1.807, 2.05) is 63.2 Å². The number of benzene rings is 3. The van der Waals surface area contributed by atoms with Crippen LogP contribution in [-0.4, -0.2) is 50.5 Å². The second-order valence-electron chi connectivity index (χ2n) is 10.0. The molecule has 0 aliphatic carbocycles. The van der Waals surface area contributed by atoms with Gasteiger partial charge in [-0.15, -0.1) is 0 Å². The van der Waals surface area contributed by atoms with E-state index in [1.165, 1.54) is 4.90 Å². The second-order valence-corrected chi connectivity index (χ2v) is 12.4. The number of amides is 2. The van der Waals surface area contributed by atoms with Gasteiger partial charge in [-0.1, -0.05) is 73.5 Å². The lowest BCUT2D eigenvalue weighted by molar-refractivity contribution is -0.140. The van der Waals surface area contributed by atoms with Crippen molar-refractivity contribution in [1.82, 2.24) is 10.2 Å². The van der Waals surface area contributed by atoms with Crippen molar-refractivity contribution in [1.29, 1.82) is 0 Å². The maximum Gasteiger partial charge on any atom is 0.244 e. The van der Waals surface area contributed by atoms with Crippen LogP contribution < -0.4 is 9.62 Å². The van der Waals surface area contributed by atoms with Gasteiger partial charge in [0.25, 0.3) is 0 Å². The maximum atomic E-state index is 14.1. The summed E-state index contributed by atoms with van der Waals surface area (Å²) in [4.78, 5) is 29.2. The summed E-state index contributed by atoms with van der Waals surface area (Å²) in [6, 6.07) is 21.0. The molecule has 214 valence electrons. The molecule has 0 heterocycles. The Morgan fingerprint density at radius 2 is 1.62 bits per heavy atom. The predicted octanol–water partition coefficient (Wildman–Crippen LogP) is 5.28. The SMILES string of the molecule is CCCCNC(=O)[C@H](Cc1ccccc1)N(Cc1cccc(Cl)c1)C(=O)CN(c1ccc(C)c(C)c1)S(C)(=O)=O. The van der Waals surface area contributed by atoms with Gasteiger partial charge < -0.3 is 10.2 Å². The summed E-state index contributed by atoms with van der Waals surface area (Å²) in [6.07, 6.45) is 3.07. The largest absolute Gasteiger partial charge is 0.354 e. The molecule has 3 aromatic rings. The third-order valence-electron chi connectivity index (χ3n) is 6.80. The van der Waals surface area contributed by atoms with Gasteiger partial charge in [-0.25, -0.2) is 8.42 Å². The molecule has 0 unspecified atom stereocenters. The highest BCUT2D eigenvalue weighted by molar-refractivity contribution is 7.92. The molecule has 9 heteroatoms. The highest BCUT2D eigenvalue weighted by Gasteiger charge is 2.33. The van der Waals surface area contributed by atoms with Gasteiger partial charge >= 0.3 is 0 Å². The van der Waals surface area contributed by atoms with Crippen LogP contribution in [0.2, 0.25) is 5.02 Å². The molecule has 1 atom stereocenters. The summed E-state index contributed by atoms with van der Waals surface area (Å²) in [7, 11) is -3.81. The number of nitrogens with one attached hydrogen (secondary N) is 1. The van der Waals surface area contributed by atoms with Crippen LogP contribution in [0.3, 0.4) is 0 Å². The molecule has 0 aliphatic rings. The van der Waals surface area contributed by atoms with Gasteiger partial charge in [0.1, 0.15) is 12.6 Å². The van der Waals surface area contributed by atoms with E-state index in [-0.39, 0.29) is 18.9 Å². The minimum Gasteiger partial charge on any atom is -0.354 e. The molecule has 0 bridgehead atoms. The molecule has 1 N–H and O–H groups in total. The fraction of sp³-hybridized carbons (Fsp3) is 0.355. The highest BCUT2D eigenvalue weighted by Crippen LogP contribution is 2.23. The Morgan fingerprint density at radius 3 is 2.25 bits per heavy atom. The number of anilines is 1. The van der Waals surface area contributed by atoms with Crippen molar-refractivity contribution in [2.75, 3.05) is 23.7 Å². The highest BCUT2D eigenvalue weighted by atomic mass is 35.5. The fourth-order valence-electron chi connectivity index (χ4n) is 4.39. The minimum absolute atomic E-state index is 0.0859. The van der Waals surface area contributed by atoms with E-state index < -0.39 is 28.5 Å². The number of carbonyl (C=O) groups is 2. The Balaban J connectivity index is 2.04. The third kappa shape index (κ3) is 8.83. The van der Waals surface area contributed by atoms with E-state index in [9.17, 15) is 18.0 Å². The first-order valence-corrected chi connectivity index (χ1v) is 15.6. The lowest BCUT2D eigenvalue weighted by Gasteiger charge is -2.33. The number of sulfonamides is 1. The quantitative estimate of drug-likeness (QED) is 0.277. The number of rotatable bonds is 13. The van der Waals surface area contributed by atoms with Crippen LogP contribution in [0, 0.1) is 13.8 Å². The molecule has 0 fully saturated rings. The third-order valence-corrected chi connectivity index (χ3v) is 8.18. The van der Waals surface area contributed by atoms with Crippen LogP contribution >= 0.6 is 11.6 Å². The van der Waals surface area contributed by atoms with Crippen LogP contribution in [-0.2, 0) is 32.6 Å². The molecule has 0 saturated carbocycles. The topological polar surface area (TPSA) is 86.8 Å². The molecule has 40 heavy (non-hydrogen) atoms. The number of aryl methyl sites for hydroxylation is 2.